The minimum Gasteiger partial charge on any atom is -0.444 e. The maximum absolute atomic E-state index is 13.1. The van der Waals surface area contributed by atoms with Crippen LogP contribution in [-0.4, -0.2) is 41.2 Å². The maximum Gasteiger partial charge on any atom is 0.407 e. The molecule has 4 rings (SSSR count). The van der Waals surface area contributed by atoms with Crippen molar-refractivity contribution in [3.05, 3.63) is 54.6 Å². The number of alkyl carbamates (subject to hydrolysis) is 1. The standard InChI is InChI=1S/C27H34N2O3S/c1-26(2,3)32-25(31)28-22-14-15-33-27(18-22)16-21(17-27)24(30)29(4)23-12-10-20(11-13-23)19-8-6-5-7-9-19/h5-13,21-22H,14-18H2,1-4H3,(H,28,31). The van der Waals surface area contributed by atoms with Crippen LogP contribution in [0, 0.1) is 5.92 Å². The number of nitrogens with zero attached hydrogens (tertiary/aromatic N) is 1. The molecule has 1 saturated heterocycles. The minimum atomic E-state index is -0.497. The number of amides is 2. The number of nitrogens with one attached hydrogen (secondary N) is 1. The van der Waals surface area contributed by atoms with E-state index in [0.717, 1.165) is 42.7 Å². The Morgan fingerprint density at radius 1 is 1.00 bits per heavy atom. The summed E-state index contributed by atoms with van der Waals surface area (Å²) in [4.78, 5) is 27.1. The SMILES string of the molecule is CN(C(=O)C1CC2(CC(NC(=O)OC(C)(C)C)CCS2)C1)c1ccc(-c2ccccc2)cc1. The van der Waals surface area contributed by atoms with E-state index in [-0.39, 0.29) is 28.7 Å². The molecule has 2 fully saturated rings. The number of ether oxygens (including phenoxy) is 1. The Morgan fingerprint density at radius 2 is 1.64 bits per heavy atom. The smallest absolute Gasteiger partial charge is 0.407 e. The van der Waals surface area contributed by atoms with Crippen molar-refractivity contribution in [3.8, 4) is 11.1 Å². The fourth-order valence-electron chi connectivity index (χ4n) is 4.83. The lowest BCUT2D eigenvalue weighted by Gasteiger charge is -2.51. The van der Waals surface area contributed by atoms with E-state index >= 15 is 0 Å². The molecule has 33 heavy (non-hydrogen) atoms. The van der Waals surface area contributed by atoms with Crippen LogP contribution in [0.3, 0.4) is 0 Å². The van der Waals surface area contributed by atoms with E-state index in [2.05, 4.69) is 29.6 Å². The van der Waals surface area contributed by atoms with Crippen molar-refractivity contribution in [1.82, 2.24) is 5.32 Å². The highest BCUT2D eigenvalue weighted by atomic mass is 32.2. The van der Waals surface area contributed by atoms with Crippen LogP contribution in [0.15, 0.2) is 54.6 Å². The van der Waals surface area contributed by atoms with Gasteiger partial charge in [0.2, 0.25) is 5.91 Å². The monoisotopic (exact) mass is 466 g/mol. The Hall–Kier alpha value is -2.47. The van der Waals surface area contributed by atoms with Crippen molar-refractivity contribution >= 4 is 29.4 Å². The number of hydrogen-bond donors (Lipinski definition) is 1. The van der Waals surface area contributed by atoms with Crippen molar-refractivity contribution in [2.24, 2.45) is 5.92 Å². The van der Waals surface area contributed by atoms with Crippen LogP contribution in [0.4, 0.5) is 10.5 Å². The average Bonchev–Trinajstić information content (AvgIpc) is 2.76. The number of hydrogen-bond acceptors (Lipinski definition) is 4. The largest absolute Gasteiger partial charge is 0.444 e. The zero-order valence-corrected chi connectivity index (χ0v) is 20.8. The van der Waals surface area contributed by atoms with Crippen LogP contribution in [0.2, 0.25) is 0 Å². The Bertz CT molecular complexity index is 979. The molecule has 2 amide bonds. The third-order valence-corrected chi connectivity index (χ3v) is 8.04. The quantitative estimate of drug-likeness (QED) is 0.611. The molecule has 2 aromatic rings. The fraction of sp³-hybridized carbons (Fsp3) is 0.481. The summed E-state index contributed by atoms with van der Waals surface area (Å²) in [6, 6.07) is 18.5. The lowest BCUT2D eigenvalue weighted by molar-refractivity contribution is -0.125. The van der Waals surface area contributed by atoms with Crippen LogP contribution in [0.1, 0.15) is 46.5 Å². The van der Waals surface area contributed by atoms with Gasteiger partial charge in [-0.2, -0.15) is 11.8 Å². The summed E-state index contributed by atoms with van der Waals surface area (Å²) in [7, 11) is 1.87. The van der Waals surface area contributed by atoms with Gasteiger partial charge in [-0.05, 0) is 75.5 Å². The molecule has 1 N–H and O–H groups in total. The summed E-state index contributed by atoms with van der Waals surface area (Å²) in [6.45, 7) is 5.62. The van der Waals surface area contributed by atoms with Gasteiger partial charge < -0.3 is 15.0 Å². The molecule has 1 aliphatic heterocycles. The van der Waals surface area contributed by atoms with Crippen LogP contribution in [0.25, 0.3) is 11.1 Å². The van der Waals surface area contributed by atoms with E-state index in [1.54, 1.807) is 4.90 Å². The Kier molecular flexibility index (Phi) is 6.76. The summed E-state index contributed by atoms with van der Waals surface area (Å²) in [5, 5.41) is 3.04. The van der Waals surface area contributed by atoms with Gasteiger partial charge in [-0.1, -0.05) is 42.5 Å². The van der Waals surface area contributed by atoms with Crippen LogP contribution in [-0.2, 0) is 9.53 Å². The third kappa shape index (κ3) is 5.72. The molecular formula is C27H34N2O3S. The van der Waals surface area contributed by atoms with Gasteiger partial charge >= 0.3 is 6.09 Å². The van der Waals surface area contributed by atoms with Crippen molar-refractivity contribution in [2.75, 3.05) is 17.7 Å². The van der Waals surface area contributed by atoms with E-state index < -0.39 is 5.60 Å². The van der Waals surface area contributed by atoms with Crippen molar-refractivity contribution < 1.29 is 14.3 Å². The van der Waals surface area contributed by atoms with Gasteiger partial charge in [-0.25, -0.2) is 4.79 Å². The maximum atomic E-state index is 13.1. The normalized spacial score (nSPS) is 24.6. The molecule has 1 saturated carbocycles. The molecule has 1 heterocycles. The number of rotatable bonds is 4. The highest BCUT2D eigenvalue weighted by molar-refractivity contribution is 8.00. The minimum absolute atomic E-state index is 0.0385. The molecule has 2 aromatic carbocycles. The van der Waals surface area contributed by atoms with Crippen LogP contribution < -0.4 is 10.2 Å². The molecule has 0 bridgehead atoms. The molecule has 0 aromatic heterocycles. The van der Waals surface area contributed by atoms with E-state index in [1.807, 2.05) is 69.9 Å². The van der Waals surface area contributed by atoms with Gasteiger partial charge in [0.25, 0.3) is 0 Å². The molecular weight excluding hydrogens is 432 g/mol. The summed E-state index contributed by atoms with van der Waals surface area (Å²) in [5.74, 6) is 1.21. The molecule has 0 radical (unpaired) electrons. The first-order valence-corrected chi connectivity index (χ1v) is 12.7. The highest BCUT2D eigenvalue weighted by Gasteiger charge is 2.51. The summed E-state index contributed by atoms with van der Waals surface area (Å²) in [6.07, 6.45) is 3.24. The predicted octanol–water partition coefficient (Wildman–Crippen LogP) is 5.89. The molecule has 1 atom stereocenters. The second-order valence-electron chi connectivity index (χ2n) is 10.3. The van der Waals surface area contributed by atoms with E-state index in [1.165, 1.54) is 5.56 Å². The first kappa shape index (κ1) is 23.7. The van der Waals surface area contributed by atoms with Crippen LogP contribution in [0.5, 0.6) is 0 Å². The Morgan fingerprint density at radius 3 is 2.27 bits per heavy atom. The second-order valence-corrected chi connectivity index (χ2v) is 11.8. The van der Waals surface area contributed by atoms with Gasteiger partial charge in [0, 0.05) is 29.4 Å². The predicted molar refractivity (Wildman–Crippen MR) is 136 cm³/mol. The zero-order chi connectivity index (χ0) is 23.6. The number of carbonyl (C=O) groups is 2. The second kappa shape index (κ2) is 9.41. The van der Waals surface area contributed by atoms with Crippen molar-refractivity contribution in [2.45, 2.75) is 62.8 Å². The molecule has 2 aliphatic rings. The lowest BCUT2D eigenvalue weighted by atomic mass is 9.70. The number of carbonyl (C=O) groups excluding carboxylic acids is 2. The van der Waals surface area contributed by atoms with Gasteiger partial charge in [0.15, 0.2) is 0 Å². The molecule has 5 nitrogen and oxygen atoms in total. The topological polar surface area (TPSA) is 58.6 Å². The van der Waals surface area contributed by atoms with Gasteiger partial charge in [-0.15, -0.1) is 0 Å². The number of anilines is 1. The summed E-state index contributed by atoms with van der Waals surface area (Å²) < 4.78 is 5.51. The van der Waals surface area contributed by atoms with Gasteiger partial charge in [-0.3, -0.25) is 4.79 Å². The van der Waals surface area contributed by atoms with Gasteiger partial charge in [0.05, 0.1) is 0 Å². The summed E-state index contributed by atoms with van der Waals surface area (Å²) >= 11 is 1.96. The first-order valence-electron chi connectivity index (χ1n) is 11.7. The molecule has 176 valence electrons. The molecule has 1 spiro atoms. The zero-order valence-electron chi connectivity index (χ0n) is 20.0. The number of benzene rings is 2. The first-order chi connectivity index (χ1) is 15.6. The van der Waals surface area contributed by atoms with Crippen molar-refractivity contribution in [3.63, 3.8) is 0 Å². The Balaban J connectivity index is 1.31. The molecule has 1 unspecified atom stereocenters. The van der Waals surface area contributed by atoms with Crippen LogP contribution >= 0.6 is 11.8 Å². The average molecular weight is 467 g/mol. The van der Waals surface area contributed by atoms with Gasteiger partial charge in [0.1, 0.15) is 5.60 Å². The number of thioether (sulfide) groups is 1. The van der Waals surface area contributed by atoms with E-state index in [9.17, 15) is 9.59 Å². The lowest BCUT2D eigenvalue weighted by Crippen LogP contribution is -2.54. The molecule has 1 aliphatic carbocycles. The van der Waals surface area contributed by atoms with E-state index in [0.29, 0.717) is 0 Å². The molecule has 6 heteroatoms. The van der Waals surface area contributed by atoms with Crippen molar-refractivity contribution in [1.29, 1.82) is 0 Å². The summed E-state index contributed by atoms with van der Waals surface area (Å²) in [5.41, 5.74) is 2.73. The highest BCUT2D eigenvalue weighted by Crippen LogP contribution is 2.54. The Labute approximate surface area is 201 Å². The van der Waals surface area contributed by atoms with E-state index in [4.69, 9.17) is 4.74 Å². The fourth-order valence-corrected chi connectivity index (χ4v) is 6.62. The third-order valence-electron chi connectivity index (χ3n) is 6.49.